The summed E-state index contributed by atoms with van der Waals surface area (Å²) in [5.74, 6) is -0.347. The summed E-state index contributed by atoms with van der Waals surface area (Å²) >= 11 is 5.87. The summed E-state index contributed by atoms with van der Waals surface area (Å²) in [7, 11) is -1.77. The minimum atomic E-state index is -3.17. The first kappa shape index (κ1) is 19.8. The molecule has 120 valence electrons. The van der Waals surface area contributed by atoms with E-state index in [-0.39, 0.29) is 34.5 Å². The van der Waals surface area contributed by atoms with Crippen LogP contribution in [0.1, 0.15) is 17.3 Å². The van der Waals surface area contributed by atoms with E-state index in [2.05, 4.69) is 5.32 Å². The van der Waals surface area contributed by atoms with Gasteiger partial charge < -0.3 is 15.8 Å². The van der Waals surface area contributed by atoms with Gasteiger partial charge in [-0.1, -0.05) is 11.6 Å². The molecule has 0 aromatic heterocycles. The Hall–Kier alpha value is -1.18. The number of ether oxygens (including phenoxy) is 1. The molecule has 6 nitrogen and oxygen atoms in total. The van der Waals surface area contributed by atoms with E-state index < -0.39 is 21.8 Å². The molecule has 0 fully saturated rings. The summed E-state index contributed by atoms with van der Waals surface area (Å²) in [5.41, 5.74) is 6.12. The van der Waals surface area contributed by atoms with Gasteiger partial charge in [-0.15, -0.1) is 12.4 Å². The molecule has 21 heavy (non-hydrogen) atoms. The van der Waals surface area contributed by atoms with Crippen LogP contribution in [-0.4, -0.2) is 39.5 Å². The number of nitrogen functional groups attached to an aromatic ring is 1. The van der Waals surface area contributed by atoms with E-state index in [4.69, 9.17) is 22.1 Å². The maximum absolute atomic E-state index is 12.1. The van der Waals surface area contributed by atoms with Crippen molar-refractivity contribution in [3.63, 3.8) is 0 Å². The molecule has 0 spiro atoms. The molecule has 0 saturated heterocycles. The number of amides is 1. The lowest BCUT2D eigenvalue weighted by Gasteiger charge is -2.15. The normalized spacial score (nSPS) is 12.2. The molecule has 1 rings (SSSR count). The highest BCUT2D eigenvalue weighted by atomic mass is 35.5. The number of anilines is 1. The molecule has 9 heteroatoms. The Morgan fingerprint density at radius 1 is 1.48 bits per heavy atom. The molecular formula is C12H18Cl2N2O4S. The molecule has 0 bridgehead atoms. The lowest BCUT2D eigenvalue weighted by Crippen LogP contribution is -2.37. The highest BCUT2D eigenvalue weighted by Gasteiger charge is 2.18. The van der Waals surface area contributed by atoms with E-state index in [0.29, 0.717) is 5.69 Å². The van der Waals surface area contributed by atoms with Crippen molar-refractivity contribution in [3.8, 4) is 5.75 Å². The van der Waals surface area contributed by atoms with Crippen LogP contribution < -0.4 is 15.8 Å². The predicted octanol–water partition coefficient (Wildman–Crippen LogP) is 1.52. The zero-order valence-electron chi connectivity index (χ0n) is 11.8. The number of nitrogens with two attached hydrogens (primary N) is 1. The Labute approximate surface area is 135 Å². The van der Waals surface area contributed by atoms with Gasteiger partial charge in [-0.05, 0) is 13.0 Å². The van der Waals surface area contributed by atoms with E-state index in [9.17, 15) is 13.2 Å². The fraction of sp³-hybridized carbons (Fsp3) is 0.417. The molecule has 1 aromatic rings. The van der Waals surface area contributed by atoms with Crippen LogP contribution in [0.5, 0.6) is 5.75 Å². The van der Waals surface area contributed by atoms with Crippen LogP contribution >= 0.6 is 24.0 Å². The van der Waals surface area contributed by atoms with Crippen molar-refractivity contribution in [3.05, 3.63) is 22.7 Å². The summed E-state index contributed by atoms with van der Waals surface area (Å²) in [5, 5.41) is 2.80. The van der Waals surface area contributed by atoms with Gasteiger partial charge in [0, 0.05) is 18.4 Å². The van der Waals surface area contributed by atoms with E-state index in [1.165, 1.54) is 19.2 Å². The van der Waals surface area contributed by atoms with Gasteiger partial charge in [0.15, 0.2) is 0 Å². The lowest BCUT2D eigenvalue weighted by molar-refractivity contribution is 0.0940. The van der Waals surface area contributed by atoms with Gasteiger partial charge in [-0.3, -0.25) is 4.79 Å². The second-order valence-corrected chi connectivity index (χ2v) is 7.13. The summed E-state index contributed by atoms with van der Waals surface area (Å²) in [6, 6.07) is 2.30. The van der Waals surface area contributed by atoms with E-state index in [0.717, 1.165) is 6.26 Å². The SMILES string of the molecule is COc1cc(N)c(Cl)cc1C(=O)NC(C)CS(C)(=O)=O.Cl. The Kier molecular flexibility index (Phi) is 7.29. The van der Waals surface area contributed by atoms with Gasteiger partial charge in [0.05, 0.1) is 29.1 Å². The smallest absolute Gasteiger partial charge is 0.255 e. The van der Waals surface area contributed by atoms with Gasteiger partial charge in [0.2, 0.25) is 0 Å². The Balaban J connectivity index is 0.00000400. The van der Waals surface area contributed by atoms with Crippen molar-refractivity contribution >= 4 is 45.4 Å². The Morgan fingerprint density at radius 2 is 2.05 bits per heavy atom. The molecule has 0 radical (unpaired) electrons. The van der Waals surface area contributed by atoms with Crippen LogP contribution in [0.3, 0.4) is 0 Å². The lowest BCUT2D eigenvalue weighted by atomic mass is 10.1. The van der Waals surface area contributed by atoms with Crippen molar-refractivity contribution in [2.24, 2.45) is 0 Å². The van der Waals surface area contributed by atoms with Crippen LogP contribution in [0.15, 0.2) is 12.1 Å². The van der Waals surface area contributed by atoms with Gasteiger partial charge >= 0.3 is 0 Å². The third kappa shape index (κ3) is 5.99. The number of rotatable bonds is 5. The first-order chi connectivity index (χ1) is 9.14. The maximum atomic E-state index is 12.1. The first-order valence-electron chi connectivity index (χ1n) is 5.75. The third-order valence-electron chi connectivity index (χ3n) is 2.49. The average molecular weight is 357 g/mol. The number of halogens is 2. The zero-order chi connectivity index (χ0) is 15.5. The molecule has 0 aliphatic rings. The van der Waals surface area contributed by atoms with E-state index >= 15 is 0 Å². The fourth-order valence-electron chi connectivity index (χ4n) is 1.71. The fourth-order valence-corrected chi connectivity index (χ4v) is 2.87. The number of sulfone groups is 1. The summed E-state index contributed by atoms with van der Waals surface area (Å²) < 4.78 is 27.4. The summed E-state index contributed by atoms with van der Waals surface area (Å²) in [6.07, 6.45) is 1.11. The molecule has 0 heterocycles. The second kappa shape index (κ2) is 7.72. The molecule has 0 aliphatic carbocycles. The third-order valence-corrected chi connectivity index (χ3v) is 3.93. The quantitative estimate of drug-likeness (QED) is 0.779. The minimum absolute atomic E-state index is 0. The molecule has 0 aliphatic heterocycles. The number of nitrogens with one attached hydrogen (secondary N) is 1. The number of benzene rings is 1. The van der Waals surface area contributed by atoms with Gasteiger partial charge in [-0.25, -0.2) is 8.42 Å². The van der Waals surface area contributed by atoms with Crippen molar-refractivity contribution in [2.75, 3.05) is 24.9 Å². The number of carbonyl (C=O) groups excluding carboxylic acids is 1. The highest BCUT2D eigenvalue weighted by molar-refractivity contribution is 7.90. The first-order valence-corrected chi connectivity index (χ1v) is 8.19. The topological polar surface area (TPSA) is 98.5 Å². The van der Waals surface area contributed by atoms with Crippen molar-refractivity contribution in [1.82, 2.24) is 5.32 Å². The summed E-state index contributed by atoms with van der Waals surface area (Å²) in [6.45, 7) is 1.60. The van der Waals surface area contributed by atoms with Crippen molar-refractivity contribution in [2.45, 2.75) is 13.0 Å². The van der Waals surface area contributed by atoms with Crippen LogP contribution in [0.4, 0.5) is 5.69 Å². The zero-order valence-corrected chi connectivity index (χ0v) is 14.2. The maximum Gasteiger partial charge on any atom is 0.255 e. The second-order valence-electron chi connectivity index (χ2n) is 4.54. The number of hydrogen-bond acceptors (Lipinski definition) is 5. The van der Waals surface area contributed by atoms with Crippen LogP contribution in [0.25, 0.3) is 0 Å². The number of hydrogen-bond donors (Lipinski definition) is 2. The molecule has 1 amide bonds. The van der Waals surface area contributed by atoms with Crippen molar-refractivity contribution < 1.29 is 17.9 Å². The minimum Gasteiger partial charge on any atom is -0.496 e. The van der Waals surface area contributed by atoms with E-state index in [1.54, 1.807) is 6.92 Å². The van der Waals surface area contributed by atoms with E-state index in [1.807, 2.05) is 0 Å². The van der Waals surface area contributed by atoms with Gasteiger partial charge in [0.25, 0.3) is 5.91 Å². The number of methoxy groups -OCH3 is 1. The Morgan fingerprint density at radius 3 is 2.52 bits per heavy atom. The molecule has 1 aromatic carbocycles. The highest BCUT2D eigenvalue weighted by Crippen LogP contribution is 2.28. The number of carbonyl (C=O) groups is 1. The predicted molar refractivity (Wildman–Crippen MR) is 86.3 cm³/mol. The Bertz CT molecular complexity index is 620. The standard InChI is InChI=1S/C12H17ClN2O4S.ClH/c1-7(6-20(3,17)18)15-12(16)8-4-9(13)10(14)5-11(8)19-2;/h4-5,7H,6,14H2,1-3H3,(H,15,16);1H. The van der Waals surface area contributed by atoms with Crippen LogP contribution in [0, 0.1) is 0 Å². The van der Waals surface area contributed by atoms with Gasteiger partial charge in [-0.2, -0.15) is 0 Å². The molecule has 1 atom stereocenters. The van der Waals surface area contributed by atoms with Crippen molar-refractivity contribution in [1.29, 1.82) is 0 Å². The van der Waals surface area contributed by atoms with Crippen LogP contribution in [0.2, 0.25) is 5.02 Å². The van der Waals surface area contributed by atoms with Crippen LogP contribution in [-0.2, 0) is 9.84 Å². The monoisotopic (exact) mass is 356 g/mol. The molecular weight excluding hydrogens is 339 g/mol. The molecule has 1 unspecified atom stereocenters. The molecule has 0 saturated carbocycles. The average Bonchev–Trinajstić information content (AvgIpc) is 2.29. The molecule has 3 N–H and O–H groups in total. The van der Waals surface area contributed by atoms with Gasteiger partial charge in [0.1, 0.15) is 15.6 Å². The largest absolute Gasteiger partial charge is 0.496 e. The summed E-state index contributed by atoms with van der Waals surface area (Å²) in [4.78, 5) is 12.1.